The van der Waals surface area contributed by atoms with Crippen molar-refractivity contribution in [3.8, 4) is 39.5 Å². The van der Waals surface area contributed by atoms with E-state index in [2.05, 4.69) is 4.18 Å². The van der Waals surface area contributed by atoms with Crippen molar-refractivity contribution in [2.24, 2.45) is 0 Å². The average molecular weight is 557 g/mol. The average Bonchev–Trinajstić information content (AvgIpc) is 2.86. The summed E-state index contributed by atoms with van der Waals surface area (Å²) < 4.78 is 81.6. The maximum atomic E-state index is 12.9. The summed E-state index contributed by atoms with van der Waals surface area (Å²) in [4.78, 5) is 24.7. The number of rotatable bonds is 6. The molecule has 4 rings (SSSR count). The van der Waals surface area contributed by atoms with E-state index in [9.17, 15) is 31.2 Å². The van der Waals surface area contributed by atoms with Crippen LogP contribution >= 0.6 is 11.6 Å². The molecule has 0 fully saturated rings. The lowest BCUT2D eigenvalue weighted by atomic mass is 9.88. The minimum atomic E-state index is -6.05. The van der Waals surface area contributed by atoms with Crippen LogP contribution in [-0.4, -0.2) is 40.4 Å². The lowest BCUT2D eigenvalue weighted by Gasteiger charge is -2.24. The molecule has 0 radical (unpaired) electrons. The summed E-state index contributed by atoms with van der Waals surface area (Å²) >= 11 is 6.14. The molecule has 3 aromatic rings. The third-order valence-electron chi connectivity index (χ3n) is 5.50. The molecule has 0 aliphatic carbocycles. The highest BCUT2D eigenvalue weighted by atomic mass is 35.5. The quantitative estimate of drug-likeness (QED) is 0.172. The van der Waals surface area contributed by atoms with Gasteiger partial charge in [0.05, 0.1) is 19.8 Å². The van der Waals surface area contributed by atoms with E-state index in [4.69, 9.17) is 25.8 Å². The Morgan fingerprint density at radius 3 is 2.35 bits per heavy atom. The fraction of sp³-hybridized carbons (Fsp3) is 0.167. The number of fused-ring (bicyclic) bond motifs is 3. The van der Waals surface area contributed by atoms with Crippen molar-refractivity contribution in [1.82, 2.24) is 0 Å². The number of methoxy groups -OCH3 is 2. The molecule has 1 aliphatic heterocycles. The number of hydrogen-bond acceptors (Lipinski definition) is 8. The Kier molecular flexibility index (Phi) is 6.82. The molecule has 0 spiro atoms. The number of carbonyl (C=O) groups excluding carboxylic acids is 2. The molecule has 0 atom stereocenters. The van der Waals surface area contributed by atoms with Gasteiger partial charge in [-0.05, 0) is 64.7 Å². The molecule has 0 saturated carbocycles. The summed E-state index contributed by atoms with van der Waals surface area (Å²) in [7, 11) is -3.84. The van der Waals surface area contributed by atoms with Crippen molar-refractivity contribution in [3.63, 3.8) is 0 Å². The maximum Gasteiger partial charge on any atom is 0.534 e. The van der Waals surface area contributed by atoms with Crippen molar-refractivity contribution in [1.29, 1.82) is 0 Å². The van der Waals surface area contributed by atoms with Gasteiger partial charge in [-0.1, -0.05) is 11.6 Å². The second-order valence-electron chi connectivity index (χ2n) is 7.67. The highest BCUT2D eigenvalue weighted by Crippen LogP contribution is 2.44. The van der Waals surface area contributed by atoms with E-state index in [0.29, 0.717) is 27.5 Å². The Hall–Kier alpha value is -3.77. The van der Waals surface area contributed by atoms with E-state index in [1.807, 2.05) is 0 Å². The Morgan fingerprint density at radius 1 is 1.00 bits per heavy atom. The Labute approximate surface area is 213 Å². The van der Waals surface area contributed by atoms with Crippen molar-refractivity contribution in [2.75, 3.05) is 14.2 Å². The zero-order chi connectivity index (χ0) is 27.1. The van der Waals surface area contributed by atoms with Crippen LogP contribution in [0, 0.1) is 0 Å². The number of carbonyl (C=O) groups is 2. The van der Waals surface area contributed by atoms with E-state index in [-0.39, 0.29) is 35.1 Å². The number of aldehydes is 1. The maximum absolute atomic E-state index is 12.9. The molecule has 0 unspecified atom stereocenters. The van der Waals surface area contributed by atoms with Gasteiger partial charge in [0.25, 0.3) is 0 Å². The molecule has 13 heteroatoms. The highest BCUT2D eigenvalue weighted by molar-refractivity contribution is 7.88. The van der Waals surface area contributed by atoms with Crippen molar-refractivity contribution >= 4 is 34.0 Å². The first-order valence-corrected chi connectivity index (χ1v) is 12.0. The van der Waals surface area contributed by atoms with Gasteiger partial charge in [-0.15, -0.1) is 0 Å². The predicted octanol–water partition coefficient (Wildman–Crippen LogP) is 5.40. The number of ether oxygens (including phenoxy) is 3. The molecule has 0 bridgehead atoms. The van der Waals surface area contributed by atoms with Crippen molar-refractivity contribution < 1.29 is 49.6 Å². The van der Waals surface area contributed by atoms with Gasteiger partial charge < -0.3 is 18.4 Å². The normalized spacial score (nSPS) is 12.6. The second kappa shape index (κ2) is 9.60. The molecule has 8 nitrogen and oxygen atoms in total. The van der Waals surface area contributed by atoms with Gasteiger partial charge in [-0.25, -0.2) is 4.79 Å². The number of halogens is 4. The van der Waals surface area contributed by atoms with Crippen LogP contribution in [0.3, 0.4) is 0 Å². The summed E-state index contributed by atoms with van der Waals surface area (Å²) in [5.74, 6) is -1.54. The first kappa shape index (κ1) is 26.3. The molecular formula is C24H16ClF3O8S. The van der Waals surface area contributed by atoms with Crippen LogP contribution in [0.4, 0.5) is 13.2 Å². The van der Waals surface area contributed by atoms with E-state index >= 15 is 0 Å². The van der Waals surface area contributed by atoms with E-state index in [0.717, 1.165) is 26.4 Å². The first-order chi connectivity index (χ1) is 17.4. The third-order valence-corrected chi connectivity index (χ3v) is 6.70. The Morgan fingerprint density at radius 2 is 1.73 bits per heavy atom. The summed E-state index contributed by atoms with van der Waals surface area (Å²) in [5.41, 5.74) is -3.95. The minimum Gasteiger partial charge on any atom is -0.493 e. The molecule has 0 N–H and O–H groups in total. The monoisotopic (exact) mass is 556 g/mol. The number of esters is 1. The summed E-state index contributed by atoms with van der Waals surface area (Å²) in [5, 5.41) is 0.427. The predicted molar refractivity (Wildman–Crippen MR) is 126 cm³/mol. The van der Waals surface area contributed by atoms with Crippen molar-refractivity contribution in [2.45, 2.75) is 12.1 Å². The molecule has 0 saturated heterocycles. The SMILES string of the molecule is COC(=O)c1cc2c(cc1-c1cc(OC)c(OS(=O)(=O)C(F)(F)F)cc1C=O)COc1ccc(Cl)cc1-2. The standard InChI is InChI=1S/C24H16ClF3O8S/c1-33-21-9-16(12(10-29)6-22(21)36-37(31,32)24(26,27)28)17-5-13-11-35-20-4-3-14(25)7-18(20)15(13)8-19(17)23(30)34-2/h3-10H,11H2,1-2H3. The van der Waals surface area contributed by atoms with Gasteiger partial charge in [-0.3, -0.25) is 4.79 Å². The van der Waals surface area contributed by atoms with Crippen LogP contribution in [-0.2, 0) is 21.5 Å². The fourth-order valence-electron chi connectivity index (χ4n) is 3.81. The van der Waals surface area contributed by atoms with E-state index in [1.54, 1.807) is 24.3 Å². The lowest BCUT2D eigenvalue weighted by molar-refractivity contribution is -0.0500. The Bertz CT molecular complexity index is 1530. The van der Waals surface area contributed by atoms with Crippen LogP contribution < -0.4 is 13.7 Å². The smallest absolute Gasteiger partial charge is 0.493 e. The number of benzene rings is 3. The summed E-state index contributed by atoms with van der Waals surface area (Å²) in [6, 6.07) is 9.92. The molecular weight excluding hydrogens is 541 g/mol. The number of alkyl halides is 3. The molecule has 1 aliphatic rings. The van der Waals surface area contributed by atoms with Gasteiger partial charge in [0.1, 0.15) is 12.4 Å². The second-order valence-corrected chi connectivity index (χ2v) is 9.64. The van der Waals surface area contributed by atoms with Crippen LogP contribution in [0.2, 0.25) is 5.02 Å². The van der Waals surface area contributed by atoms with Crippen LogP contribution in [0.15, 0.2) is 42.5 Å². The molecule has 0 amide bonds. The third kappa shape index (κ3) is 4.81. The lowest BCUT2D eigenvalue weighted by Crippen LogP contribution is -2.28. The van der Waals surface area contributed by atoms with Gasteiger partial charge in [0.15, 0.2) is 17.8 Å². The first-order valence-electron chi connectivity index (χ1n) is 10.3. The van der Waals surface area contributed by atoms with Gasteiger partial charge in [0.2, 0.25) is 0 Å². The van der Waals surface area contributed by atoms with E-state index in [1.165, 1.54) is 6.07 Å². The fourth-order valence-corrected chi connectivity index (χ4v) is 4.44. The molecule has 194 valence electrons. The van der Waals surface area contributed by atoms with Gasteiger partial charge >= 0.3 is 21.6 Å². The summed E-state index contributed by atoms with van der Waals surface area (Å²) in [6.07, 6.45) is 0.272. The minimum absolute atomic E-state index is 0.0100. The molecule has 37 heavy (non-hydrogen) atoms. The topological polar surface area (TPSA) is 105 Å². The van der Waals surface area contributed by atoms with Crippen LogP contribution in [0.25, 0.3) is 22.3 Å². The summed E-state index contributed by atoms with van der Waals surface area (Å²) in [6.45, 7) is 0.0942. The zero-order valence-corrected chi connectivity index (χ0v) is 20.6. The van der Waals surface area contributed by atoms with Crippen LogP contribution in [0.5, 0.6) is 17.2 Å². The molecule has 3 aromatic carbocycles. The Balaban J connectivity index is 1.95. The van der Waals surface area contributed by atoms with Crippen molar-refractivity contribution in [3.05, 3.63) is 64.2 Å². The number of hydrogen-bond donors (Lipinski definition) is 0. The highest BCUT2D eigenvalue weighted by Gasteiger charge is 2.49. The molecule has 0 aromatic heterocycles. The van der Waals surface area contributed by atoms with Gasteiger partial charge in [-0.2, -0.15) is 21.6 Å². The zero-order valence-electron chi connectivity index (χ0n) is 19.0. The van der Waals surface area contributed by atoms with Gasteiger partial charge in [0, 0.05) is 16.1 Å². The molecule has 1 heterocycles. The largest absolute Gasteiger partial charge is 0.534 e. The van der Waals surface area contributed by atoms with Crippen LogP contribution in [0.1, 0.15) is 26.3 Å². The van der Waals surface area contributed by atoms with E-state index < -0.39 is 33.1 Å².